The van der Waals surface area contributed by atoms with Gasteiger partial charge in [-0.15, -0.1) is 0 Å². The fraction of sp³-hybridized carbons (Fsp3) is 0.889. The van der Waals surface area contributed by atoms with E-state index in [2.05, 4.69) is 4.74 Å². The van der Waals surface area contributed by atoms with Crippen LogP contribution in [0.2, 0.25) is 0 Å². The highest BCUT2D eigenvalue weighted by Gasteiger charge is 2.04. The molecule has 0 heterocycles. The van der Waals surface area contributed by atoms with Crippen LogP contribution < -0.4 is 0 Å². The number of aliphatic hydroxyl groups excluding tert-OH is 1. The normalized spacial score (nSPS) is 13.0. The van der Waals surface area contributed by atoms with Gasteiger partial charge >= 0.3 is 5.97 Å². The average Bonchev–Trinajstić information content (AvgIpc) is 2.02. The van der Waals surface area contributed by atoms with Gasteiger partial charge in [-0.25, -0.2) is 0 Å². The minimum atomic E-state index is -0.317. The van der Waals surface area contributed by atoms with E-state index in [-0.39, 0.29) is 12.1 Å². The summed E-state index contributed by atoms with van der Waals surface area (Å²) in [6.07, 6.45) is 0.902. The van der Waals surface area contributed by atoms with Gasteiger partial charge in [-0.1, -0.05) is 0 Å². The van der Waals surface area contributed by atoms with Gasteiger partial charge in [0, 0.05) is 13.0 Å². The van der Waals surface area contributed by atoms with E-state index >= 15 is 0 Å². The Balaban J connectivity index is 3.36. The van der Waals surface area contributed by atoms with Gasteiger partial charge in [0.15, 0.2) is 0 Å². The molecule has 0 rings (SSSR count). The fourth-order valence-electron chi connectivity index (χ4n) is 1.14. The zero-order valence-electron chi connectivity index (χ0n) is 8.62. The molecule has 0 saturated carbocycles. The molecule has 0 aromatic carbocycles. The summed E-state index contributed by atoms with van der Waals surface area (Å²) in [6.45, 7) is 3.19. The molecule has 4 heteroatoms. The number of hydrogen-bond donors (Lipinski definition) is 1. The van der Waals surface area contributed by atoms with Crippen LogP contribution in [0.4, 0.5) is 0 Å². The molecule has 4 nitrogen and oxygen atoms in total. The molecule has 13 heavy (non-hydrogen) atoms. The Kier molecular flexibility index (Phi) is 6.54. The molecule has 0 radical (unpaired) electrons. The summed E-state index contributed by atoms with van der Waals surface area (Å²) < 4.78 is 4.51. The van der Waals surface area contributed by atoms with Gasteiger partial charge in [-0.2, -0.15) is 0 Å². The highest BCUT2D eigenvalue weighted by Crippen LogP contribution is 1.95. The third-order valence-corrected chi connectivity index (χ3v) is 1.72. The van der Waals surface area contributed by atoms with Crippen molar-refractivity contribution < 1.29 is 14.6 Å². The number of aliphatic hydroxyl groups is 1. The Morgan fingerprint density at radius 1 is 1.62 bits per heavy atom. The molecule has 78 valence electrons. The van der Waals surface area contributed by atoms with E-state index in [1.807, 2.05) is 11.9 Å². The van der Waals surface area contributed by atoms with E-state index in [0.29, 0.717) is 13.0 Å². The van der Waals surface area contributed by atoms with Crippen LogP contribution in [0.25, 0.3) is 0 Å². The van der Waals surface area contributed by atoms with Crippen LogP contribution >= 0.6 is 0 Å². The van der Waals surface area contributed by atoms with Crippen molar-refractivity contribution in [3.63, 3.8) is 0 Å². The molecule has 0 saturated heterocycles. The van der Waals surface area contributed by atoms with Crippen molar-refractivity contribution in [1.82, 2.24) is 4.90 Å². The first kappa shape index (κ1) is 12.4. The lowest BCUT2D eigenvalue weighted by molar-refractivity contribution is -0.140. The molecule has 0 fully saturated rings. The highest BCUT2D eigenvalue weighted by molar-refractivity contribution is 5.69. The first-order valence-electron chi connectivity index (χ1n) is 4.49. The number of carbonyl (C=O) groups excluding carboxylic acids is 1. The van der Waals surface area contributed by atoms with Crippen molar-refractivity contribution in [2.24, 2.45) is 0 Å². The smallest absolute Gasteiger partial charge is 0.305 e. The third-order valence-electron chi connectivity index (χ3n) is 1.72. The van der Waals surface area contributed by atoms with Gasteiger partial charge < -0.3 is 14.7 Å². The minimum Gasteiger partial charge on any atom is -0.469 e. The van der Waals surface area contributed by atoms with Crippen molar-refractivity contribution in [2.75, 3.05) is 27.2 Å². The Bertz CT molecular complexity index is 148. The summed E-state index contributed by atoms with van der Waals surface area (Å²) in [7, 11) is 3.31. The molecule has 1 unspecified atom stereocenters. The van der Waals surface area contributed by atoms with Gasteiger partial charge in [0.05, 0.1) is 13.2 Å². The Morgan fingerprint density at radius 3 is 2.69 bits per heavy atom. The van der Waals surface area contributed by atoms with Crippen LogP contribution in [-0.4, -0.2) is 49.3 Å². The number of methoxy groups -OCH3 is 1. The van der Waals surface area contributed by atoms with Gasteiger partial charge in [-0.05, 0) is 26.9 Å². The van der Waals surface area contributed by atoms with E-state index in [9.17, 15) is 4.79 Å². The van der Waals surface area contributed by atoms with E-state index in [1.165, 1.54) is 7.11 Å². The summed E-state index contributed by atoms with van der Waals surface area (Å²) in [5.41, 5.74) is 0. The second-order valence-corrected chi connectivity index (χ2v) is 3.29. The van der Waals surface area contributed by atoms with Crippen LogP contribution in [0.1, 0.15) is 19.8 Å². The third kappa shape index (κ3) is 7.74. The van der Waals surface area contributed by atoms with Crippen LogP contribution in [0, 0.1) is 0 Å². The van der Waals surface area contributed by atoms with E-state index < -0.39 is 0 Å². The van der Waals surface area contributed by atoms with Crippen molar-refractivity contribution in [3.8, 4) is 0 Å². The van der Waals surface area contributed by atoms with Crippen LogP contribution in [0.15, 0.2) is 0 Å². The summed E-state index contributed by atoms with van der Waals surface area (Å²) in [4.78, 5) is 12.7. The maximum Gasteiger partial charge on any atom is 0.305 e. The lowest BCUT2D eigenvalue weighted by Gasteiger charge is -2.17. The zero-order valence-corrected chi connectivity index (χ0v) is 8.62. The summed E-state index contributed by atoms with van der Waals surface area (Å²) in [6, 6.07) is 0. The number of ether oxygens (including phenoxy) is 1. The molecule has 0 aliphatic heterocycles. The topological polar surface area (TPSA) is 49.8 Å². The lowest BCUT2D eigenvalue weighted by atomic mass is 10.3. The van der Waals surface area contributed by atoms with Gasteiger partial charge in [0.1, 0.15) is 0 Å². The molecule has 0 spiro atoms. The number of rotatable bonds is 6. The average molecular weight is 189 g/mol. The van der Waals surface area contributed by atoms with Crippen molar-refractivity contribution in [3.05, 3.63) is 0 Å². The standard InChI is InChI=1S/C9H19NO3/c1-8(11)7-10(2)6-4-5-9(12)13-3/h8,11H,4-7H2,1-3H3. The minimum absolute atomic E-state index is 0.176. The molecule has 1 atom stereocenters. The number of esters is 1. The van der Waals surface area contributed by atoms with Crippen LogP contribution in [0.3, 0.4) is 0 Å². The second-order valence-electron chi connectivity index (χ2n) is 3.29. The Morgan fingerprint density at radius 2 is 2.23 bits per heavy atom. The van der Waals surface area contributed by atoms with Gasteiger partial charge in [0.25, 0.3) is 0 Å². The number of carbonyl (C=O) groups is 1. The van der Waals surface area contributed by atoms with E-state index in [4.69, 9.17) is 5.11 Å². The first-order valence-corrected chi connectivity index (χ1v) is 4.49. The lowest BCUT2D eigenvalue weighted by Crippen LogP contribution is -2.28. The highest BCUT2D eigenvalue weighted by atomic mass is 16.5. The van der Waals surface area contributed by atoms with Crippen molar-refractivity contribution >= 4 is 5.97 Å². The monoisotopic (exact) mass is 189 g/mol. The van der Waals surface area contributed by atoms with Crippen molar-refractivity contribution in [2.45, 2.75) is 25.9 Å². The number of likely N-dealkylation sites (N-methyl/N-ethyl adjacent to an activating group) is 1. The molecule has 0 aliphatic carbocycles. The molecule has 1 N–H and O–H groups in total. The molecule has 0 aliphatic rings. The molecular weight excluding hydrogens is 170 g/mol. The maximum atomic E-state index is 10.7. The summed E-state index contributed by atoms with van der Waals surface area (Å²) >= 11 is 0. The maximum absolute atomic E-state index is 10.7. The van der Waals surface area contributed by atoms with Gasteiger partial charge in [0.2, 0.25) is 0 Å². The predicted molar refractivity (Wildman–Crippen MR) is 50.4 cm³/mol. The number of nitrogens with zero attached hydrogens (tertiary/aromatic N) is 1. The SMILES string of the molecule is COC(=O)CCCN(C)CC(C)O. The molecule has 0 aromatic rings. The molecule has 0 aromatic heterocycles. The second kappa shape index (κ2) is 6.86. The quantitative estimate of drug-likeness (QED) is 0.609. The summed E-state index contributed by atoms with van der Waals surface area (Å²) in [5.74, 6) is -0.176. The Labute approximate surface area is 79.5 Å². The number of hydrogen-bond acceptors (Lipinski definition) is 4. The molecular formula is C9H19NO3. The fourth-order valence-corrected chi connectivity index (χ4v) is 1.14. The predicted octanol–water partition coefficient (Wildman–Crippen LogP) is 0.252. The van der Waals surface area contributed by atoms with E-state index in [1.54, 1.807) is 6.92 Å². The molecule has 0 amide bonds. The van der Waals surface area contributed by atoms with Crippen LogP contribution in [-0.2, 0) is 9.53 Å². The van der Waals surface area contributed by atoms with Crippen molar-refractivity contribution in [1.29, 1.82) is 0 Å². The van der Waals surface area contributed by atoms with Gasteiger partial charge in [-0.3, -0.25) is 4.79 Å². The zero-order chi connectivity index (χ0) is 10.3. The van der Waals surface area contributed by atoms with Crippen LogP contribution in [0.5, 0.6) is 0 Å². The largest absolute Gasteiger partial charge is 0.469 e. The van der Waals surface area contributed by atoms with E-state index in [0.717, 1.165) is 13.0 Å². The molecule has 0 bridgehead atoms. The summed E-state index contributed by atoms with van der Waals surface area (Å²) in [5, 5.41) is 9.04. The Hall–Kier alpha value is -0.610. The first-order chi connectivity index (χ1) is 6.06.